The molecule has 35 heavy (non-hydrogen) atoms. The summed E-state index contributed by atoms with van der Waals surface area (Å²) < 4.78 is 35.1. The van der Waals surface area contributed by atoms with Gasteiger partial charge in [0, 0.05) is 50.1 Å². The predicted octanol–water partition coefficient (Wildman–Crippen LogP) is 7.45. The first-order chi connectivity index (χ1) is 16.5. The average Bonchev–Trinajstić information content (AvgIpc) is 3.12. The minimum Gasteiger partial charge on any atom is -0.491 e. The quantitative estimate of drug-likeness (QED) is 0.169. The molecule has 3 aromatic carbocycles. The van der Waals surface area contributed by atoms with Crippen LogP contribution in [-0.2, 0) is 16.0 Å². The third-order valence-electron chi connectivity index (χ3n) is 5.48. The summed E-state index contributed by atoms with van der Waals surface area (Å²) >= 11 is 7.11. The van der Waals surface area contributed by atoms with Crippen LogP contribution in [0.3, 0.4) is 0 Å². The molecule has 1 N–H and O–H groups in total. The molecule has 1 aromatic heterocycles. The van der Waals surface area contributed by atoms with E-state index in [2.05, 4.69) is 53.9 Å². The Morgan fingerprint density at radius 2 is 1.46 bits per heavy atom. The molecule has 1 atom stereocenters. The molecule has 0 amide bonds. The molecule has 0 aliphatic heterocycles. The van der Waals surface area contributed by atoms with Crippen molar-refractivity contribution in [1.82, 2.24) is 4.57 Å². The second-order valence-electron chi connectivity index (χ2n) is 7.89. The second kappa shape index (κ2) is 13.3. The first-order valence-corrected chi connectivity index (χ1v) is 12.7. The van der Waals surface area contributed by atoms with Gasteiger partial charge >= 0.3 is 0 Å². The van der Waals surface area contributed by atoms with E-state index >= 15 is 4.39 Å². The van der Waals surface area contributed by atoms with Crippen molar-refractivity contribution < 1.29 is 18.6 Å². The summed E-state index contributed by atoms with van der Waals surface area (Å²) in [5.41, 5.74) is 2.89. The van der Waals surface area contributed by atoms with Crippen LogP contribution >= 0.6 is 31.9 Å². The van der Waals surface area contributed by atoms with Crippen molar-refractivity contribution >= 4 is 59.4 Å². The smallest absolute Gasteiger partial charge is 0.135 e. The molecule has 0 saturated carbocycles. The lowest BCUT2D eigenvalue weighted by atomic mass is 10.2. The summed E-state index contributed by atoms with van der Waals surface area (Å²) in [5, 5.41) is 5.40. The van der Waals surface area contributed by atoms with Crippen LogP contribution in [0.5, 0.6) is 5.75 Å². The van der Waals surface area contributed by atoms with E-state index in [1.54, 1.807) is 7.11 Å². The van der Waals surface area contributed by atoms with E-state index in [1.165, 1.54) is 0 Å². The van der Waals surface area contributed by atoms with Crippen LogP contribution in [0, 0.1) is 0 Å². The Morgan fingerprint density at radius 3 is 2.06 bits per heavy atom. The summed E-state index contributed by atoms with van der Waals surface area (Å²) in [6.45, 7) is 2.57. The standard InChI is InChI=1S/C26H27Br2FN2O3.CH4/c1-32-10-11-33-12-13-34-22-6-4-21(5-7-22)30-16-20(29)17-31-25-8-2-18(27)14-23(25)24-15-19(28)3-9-26(24)31;/h2-9,14-15,20,30H,10-13,16-17H2,1H3;1H4. The Hall–Kier alpha value is -2.13. The van der Waals surface area contributed by atoms with Crippen molar-refractivity contribution in [2.45, 2.75) is 20.1 Å². The zero-order chi connectivity index (χ0) is 23.9. The molecule has 5 nitrogen and oxygen atoms in total. The number of benzene rings is 3. The number of alkyl halides is 1. The minimum atomic E-state index is -1.06. The monoisotopic (exact) mass is 608 g/mol. The highest BCUT2D eigenvalue weighted by molar-refractivity contribution is 9.10. The molecule has 0 spiro atoms. The lowest BCUT2D eigenvalue weighted by Crippen LogP contribution is -2.21. The highest BCUT2D eigenvalue weighted by Gasteiger charge is 2.15. The molecule has 0 bridgehead atoms. The molecule has 0 fully saturated rings. The molecule has 0 aliphatic carbocycles. The predicted molar refractivity (Wildman–Crippen MR) is 150 cm³/mol. The van der Waals surface area contributed by atoms with E-state index in [1.807, 2.05) is 48.5 Å². The molecule has 4 aromatic rings. The Kier molecular flexibility index (Phi) is 10.4. The van der Waals surface area contributed by atoms with Crippen LogP contribution < -0.4 is 10.1 Å². The van der Waals surface area contributed by atoms with Gasteiger partial charge in [0.25, 0.3) is 0 Å². The fourth-order valence-corrected chi connectivity index (χ4v) is 4.59. The van der Waals surface area contributed by atoms with Crippen molar-refractivity contribution in [3.8, 4) is 5.75 Å². The SMILES string of the molecule is C.COCCOCCOc1ccc(NCC(F)Cn2c3ccc(Br)cc3c3cc(Br)ccc32)cc1. The van der Waals surface area contributed by atoms with Gasteiger partial charge in [-0.05, 0) is 60.7 Å². The van der Waals surface area contributed by atoms with Crippen LogP contribution in [0.1, 0.15) is 7.43 Å². The summed E-state index contributed by atoms with van der Waals surface area (Å²) in [6.07, 6.45) is -1.06. The third kappa shape index (κ3) is 7.19. The van der Waals surface area contributed by atoms with Crippen LogP contribution in [0.15, 0.2) is 69.6 Å². The number of halogens is 3. The van der Waals surface area contributed by atoms with Gasteiger partial charge in [0.15, 0.2) is 0 Å². The van der Waals surface area contributed by atoms with E-state index in [-0.39, 0.29) is 20.5 Å². The maximum atomic E-state index is 15.1. The normalized spacial score (nSPS) is 12.0. The lowest BCUT2D eigenvalue weighted by Gasteiger charge is -2.14. The number of hydrogen-bond acceptors (Lipinski definition) is 4. The van der Waals surface area contributed by atoms with E-state index < -0.39 is 6.17 Å². The Balaban J connectivity index is 0.00000342. The first kappa shape index (κ1) is 27.5. The first-order valence-electron chi connectivity index (χ1n) is 11.1. The highest BCUT2D eigenvalue weighted by Crippen LogP contribution is 2.33. The maximum absolute atomic E-state index is 15.1. The number of nitrogens with zero attached hydrogens (tertiary/aromatic N) is 1. The molecule has 0 saturated heterocycles. The van der Waals surface area contributed by atoms with E-state index in [4.69, 9.17) is 14.2 Å². The van der Waals surface area contributed by atoms with Gasteiger partial charge in [-0.25, -0.2) is 4.39 Å². The zero-order valence-corrected chi connectivity index (χ0v) is 22.1. The van der Waals surface area contributed by atoms with E-state index in [9.17, 15) is 0 Å². The molecule has 1 heterocycles. The van der Waals surface area contributed by atoms with Gasteiger partial charge in [0.1, 0.15) is 18.5 Å². The summed E-state index contributed by atoms with van der Waals surface area (Å²) in [7, 11) is 1.64. The molecule has 1 unspecified atom stereocenters. The number of anilines is 1. The fraction of sp³-hybridized carbons (Fsp3) is 0.333. The van der Waals surface area contributed by atoms with E-state index in [0.717, 1.165) is 42.2 Å². The Morgan fingerprint density at radius 1 is 0.857 bits per heavy atom. The largest absolute Gasteiger partial charge is 0.491 e. The van der Waals surface area contributed by atoms with Crippen molar-refractivity contribution in [3.05, 3.63) is 69.6 Å². The topological polar surface area (TPSA) is 44.6 Å². The summed E-state index contributed by atoms with van der Waals surface area (Å²) in [5.74, 6) is 0.750. The lowest BCUT2D eigenvalue weighted by molar-refractivity contribution is 0.0544. The fourth-order valence-electron chi connectivity index (χ4n) is 3.87. The van der Waals surface area contributed by atoms with Crippen LogP contribution in [-0.4, -0.2) is 50.8 Å². The van der Waals surface area contributed by atoms with Gasteiger partial charge in [0.05, 0.1) is 26.4 Å². The number of fused-ring (bicyclic) bond motifs is 3. The van der Waals surface area contributed by atoms with Gasteiger partial charge < -0.3 is 24.1 Å². The number of ether oxygens (including phenoxy) is 3. The molecule has 4 rings (SSSR count). The van der Waals surface area contributed by atoms with Crippen LogP contribution in [0.25, 0.3) is 21.8 Å². The number of rotatable bonds is 12. The van der Waals surface area contributed by atoms with Gasteiger partial charge in [-0.3, -0.25) is 0 Å². The third-order valence-corrected chi connectivity index (χ3v) is 6.47. The van der Waals surface area contributed by atoms with Crippen LogP contribution in [0.4, 0.5) is 10.1 Å². The maximum Gasteiger partial charge on any atom is 0.135 e. The van der Waals surface area contributed by atoms with Crippen molar-refractivity contribution in [2.75, 3.05) is 45.4 Å². The average molecular weight is 610 g/mol. The molecular weight excluding hydrogens is 579 g/mol. The zero-order valence-electron chi connectivity index (χ0n) is 18.9. The van der Waals surface area contributed by atoms with Crippen molar-refractivity contribution in [3.63, 3.8) is 0 Å². The van der Waals surface area contributed by atoms with Crippen molar-refractivity contribution in [1.29, 1.82) is 0 Å². The molecular formula is C27H31Br2FN2O3. The van der Waals surface area contributed by atoms with Crippen LogP contribution in [0.2, 0.25) is 0 Å². The van der Waals surface area contributed by atoms with Gasteiger partial charge in [-0.1, -0.05) is 39.3 Å². The molecule has 0 radical (unpaired) electrons. The van der Waals surface area contributed by atoms with Gasteiger partial charge in [-0.2, -0.15) is 0 Å². The molecule has 188 valence electrons. The second-order valence-corrected chi connectivity index (χ2v) is 9.72. The summed E-state index contributed by atoms with van der Waals surface area (Å²) in [6, 6.07) is 19.8. The number of hydrogen-bond donors (Lipinski definition) is 1. The van der Waals surface area contributed by atoms with Gasteiger partial charge in [-0.15, -0.1) is 0 Å². The highest BCUT2D eigenvalue weighted by atomic mass is 79.9. The van der Waals surface area contributed by atoms with E-state index in [0.29, 0.717) is 26.4 Å². The number of aromatic nitrogens is 1. The minimum absolute atomic E-state index is 0. The summed E-state index contributed by atoms with van der Waals surface area (Å²) in [4.78, 5) is 0. The Bertz CT molecular complexity index is 1170. The molecule has 0 aliphatic rings. The molecule has 8 heteroatoms. The number of methoxy groups -OCH3 is 1. The number of nitrogens with one attached hydrogen (secondary N) is 1. The van der Waals surface area contributed by atoms with Gasteiger partial charge in [0.2, 0.25) is 0 Å². The van der Waals surface area contributed by atoms with Crippen molar-refractivity contribution in [2.24, 2.45) is 0 Å². The Labute approximate surface area is 222 Å².